The summed E-state index contributed by atoms with van der Waals surface area (Å²) in [5.41, 5.74) is 4.27. The molecule has 144 valence electrons. The van der Waals surface area contributed by atoms with E-state index < -0.39 is 0 Å². The Morgan fingerprint density at radius 3 is 2.47 bits per heavy atom. The first-order chi connectivity index (χ1) is 14.8. The van der Waals surface area contributed by atoms with Gasteiger partial charge in [0.05, 0.1) is 11.4 Å². The number of furan rings is 1. The SMILES string of the molecule is c1ccc2c(c1)N=C(c1cc3ccccc3o1)CC(c1cccc3ccccc13)S2. The summed E-state index contributed by atoms with van der Waals surface area (Å²) < 4.78 is 6.21. The highest BCUT2D eigenvalue weighted by Gasteiger charge is 2.25. The summed E-state index contributed by atoms with van der Waals surface area (Å²) in [6.07, 6.45) is 0.813. The Bertz CT molecular complexity index is 1380. The smallest absolute Gasteiger partial charge is 0.149 e. The highest BCUT2D eigenvalue weighted by molar-refractivity contribution is 7.99. The predicted octanol–water partition coefficient (Wildman–Crippen LogP) is 7.94. The van der Waals surface area contributed by atoms with E-state index in [4.69, 9.17) is 9.41 Å². The van der Waals surface area contributed by atoms with Gasteiger partial charge in [-0.2, -0.15) is 0 Å². The average molecular weight is 406 g/mol. The van der Waals surface area contributed by atoms with Gasteiger partial charge in [-0.3, -0.25) is 0 Å². The highest BCUT2D eigenvalue weighted by Crippen LogP contribution is 2.47. The standard InChI is InChI=1S/C27H19NOS/c1-3-11-20-18(8-1)10-7-12-21(20)27-17-23(28-22-13-4-6-15-26(22)30-27)25-16-19-9-2-5-14-24(19)29-25/h1-16,27H,17H2. The number of benzene rings is 4. The van der Waals surface area contributed by atoms with Crippen LogP contribution in [0.3, 0.4) is 0 Å². The topological polar surface area (TPSA) is 25.5 Å². The van der Waals surface area contributed by atoms with Crippen molar-refractivity contribution in [1.29, 1.82) is 0 Å². The Hall–Kier alpha value is -3.30. The third kappa shape index (κ3) is 3.03. The molecule has 30 heavy (non-hydrogen) atoms. The van der Waals surface area contributed by atoms with Gasteiger partial charge in [-0.15, -0.1) is 11.8 Å². The minimum atomic E-state index is 0.256. The van der Waals surface area contributed by atoms with Crippen molar-refractivity contribution in [3.8, 4) is 0 Å². The van der Waals surface area contributed by atoms with Crippen LogP contribution in [-0.4, -0.2) is 5.71 Å². The monoisotopic (exact) mass is 405 g/mol. The summed E-state index contributed by atoms with van der Waals surface area (Å²) in [7, 11) is 0. The van der Waals surface area contributed by atoms with Gasteiger partial charge in [0.2, 0.25) is 0 Å². The van der Waals surface area contributed by atoms with Gasteiger partial charge in [0.25, 0.3) is 0 Å². The van der Waals surface area contributed by atoms with E-state index in [2.05, 4.69) is 78.9 Å². The number of hydrogen-bond acceptors (Lipinski definition) is 3. The van der Waals surface area contributed by atoms with Gasteiger partial charge in [0, 0.05) is 22.0 Å². The normalized spacial score (nSPS) is 16.3. The molecule has 0 saturated heterocycles. The van der Waals surface area contributed by atoms with E-state index >= 15 is 0 Å². The van der Waals surface area contributed by atoms with E-state index in [0.29, 0.717) is 0 Å². The summed E-state index contributed by atoms with van der Waals surface area (Å²) in [6.45, 7) is 0. The van der Waals surface area contributed by atoms with Crippen molar-refractivity contribution < 1.29 is 4.42 Å². The minimum absolute atomic E-state index is 0.256. The summed E-state index contributed by atoms with van der Waals surface area (Å²) in [5, 5.41) is 3.95. The number of hydrogen-bond donors (Lipinski definition) is 0. The number of thioether (sulfide) groups is 1. The molecule has 4 aromatic carbocycles. The molecule has 2 heterocycles. The van der Waals surface area contributed by atoms with Crippen LogP contribution in [0.4, 0.5) is 5.69 Å². The summed E-state index contributed by atoms with van der Waals surface area (Å²) in [4.78, 5) is 6.27. The Kier molecular flexibility index (Phi) is 4.21. The van der Waals surface area contributed by atoms with Crippen molar-refractivity contribution in [2.45, 2.75) is 16.6 Å². The van der Waals surface area contributed by atoms with Crippen LogP contribution in [0.15, 0.2) is 111 Å². The molecule has 1 unspecified atom stereocenters. The molecule has 0 radical (unpaired) electrons. The van der Waals surface area contributed by atoms with Gasteiger partial charge in [0.1, 0.15) is 11.3 Å². The Morgan fingerprint density at radius 1 is 0.767 bits per heavy atom. The summed E-state index contributed by atoms with van der Waals surface area (Å²) in [6, 6.07) is 33.9. The Balaban J connectivity index is 1.52. The fraction of sp³-hybridized carbons (Fsp3) is 0.0741. The lowest BCUT2D eigenvalue weighted by atomic mass is 9.98. The second-order valence-electron chi connectivity index (χ2n) is 7.55. The van der Waals surface area contributed by atoms with E-state index in [9.17, 15) is 0 Å². The van der Waals surface area contributed by atoms with Gasteiger partial charge in [-0.1, -0.05) is 72.8 Å². The third-order valence-corrected chi connectivity index (χ3v) is 6.95. The van der Waals surface area contributed by atoms with Crippen molar-refractivity contribution in [2.75, 3.05) is 0 Å². The molecule has 0 saturated carbocycles. The van der Waals surface area contributed by atoms with Crippen LogP contribution in [0.2, 0.25) is 0 Å². The molecule has 1 aliphatic heterocycles. The summed E-state index contributed by atoms with van der Waals surface area (Å²) in [5.74, 6) is 0.860. The number of aliphatic imine (C=N–C) groups is 1. The lowest BCUT2D eigenvalue weighted by Crippen LogP contribution is -2.05. The molecule has 5 aromatic rings. The largest absolute Gasteiger partial charge is 0.455 e. The quantitative estimate of drug-likeness (QED) is 0.298. The molecule has 0 aliphatic carbocycles. The molecular weight excluding hydrogens is 386 g/mol. The van der Waals surface area contributed by atoms with Gasteiger partial charge in [-0.25, -0.2) is 4.99 Å². The van der Waals surface area contributed by atoms with Crippen LogP contribution in [-0.2, 0) is 0 Å². The Labute approximate surface area is 179 Å². The molecule has 3 heteroatoms. The first kappa shape index (κ1) is 17.5. The van der Waals surface area contributed by atoms with Gasteiger partial charge in [-0.05, 0) is 40.6 Å². The van der Waals surface area contributed by atoms with Crippen molar-refractivity contribution in [2.24, 2.45) is 4.99 Å². The molecule has 1 aliphatic rings. The highest BCUT2D eigenvalue weighted by atomic mass is 32.2. The fourth-order valence-corrected chi connectivity index (χ4v) is 5.47. The second kappa shape index (κ2) is 7.19. The van der Waals surface area contributed by atoms with E-state index in [1.165, 1.54) is 21.2 Å². The number of fused-ring (bicyclic) bond motifs is 3. The first-order valence-electron chi connectivity index (χ1n) is 10.1. The summed E-state index contributed by atoms with van der Waals surface area (Å²) >= 11 is 1.89. The van der Waals surface area contributed by atoms with Crippen LogP contribution >= 0.6 is 11.8 Å². The second-order valence-corrected chi connectivity index (χ2v) is 8.80. The lowest BCUT2D eigenvalue weighted by Gasteiger charge is -2.18. The van der Waals surface area contributed by atoms with Crippen LogP contribution in [0.25, 0.3) is 21.7 Å². The van der Waals surface area contributed by atoms with Gasteiger partial charge >= 0.3 is 0 Å². The molecule has 2 nitrogen and oxygen atoms in total. The van der Waals surface area contributed by atoms with E-state index in [1.54, 1.807) is 0 Å². The van der Waals surface area contributed by atoms with Crippen molar-refractivity contribution in [3.63, 3.8) is 0 Å². The minimum Gasteiger partial charge on any atom is -0.455 e. The van der Waals surface area contributed by atoms with Crippen molar-refractivity contribution >= 4 is 44.9 Å². The fourth-order valence-electron chi connectivity index (χ4n) is 4.20. The third-order valence-electron chi connectivity index (χ3n) is 5.65. The van der Waals surface area contributed by atoms with Gasteiger partial charge < -0.3 is 4.42 Å². The number of nitrogens with zero attached hydrogens (tertiary/aromatic N) is 1. The molecule has 6 rings (SSSR count). The predicted molar refractivity (Wildman–Crippen MR) is 126 cm³/mol. The van der Waals surface area contributed by atoms with Crippen LogP contribution in [0, 0.1) is 0 Å². The average Bonchev–Trinajstić information content (AvgIpc) is 3.13. The van der Waals surface area contributed by atoms with Crippen molar-refractivity contribution in [3.05, 3.63) is 108 Å². The van der Waals surface area contributed by atoms with Crippen molar-refractivity contribution in [1.82, 2.24) is 0 Å². The Morgan fingerprint density at radius 2 is 1.53 bits per heavy atom. The maximum Gasteiger partial charge on any atom is 0.149 e. The lowest BCUT2D eigenvalue weighted by molar-refractivity contribution is 0.602. The van der Waals surface area contributed by atoms with Crippen LogP contribution in [0.1, 0.15) is 23.0 Å². The zero-order valence-electron chi connectivity index (χ0n) is 16.3. The van der Waals surface area contributed by atoms with Crippen LogP contribution < -0.4 is 0 Å². The van der Waals surface area contributed by atoms with E-state index in [-0.39, 0.29) is 5.25 Å². The number of rotatable bonds is 2. The molecule has 0 fully saturated rings. The maximum absolute atomic E-state index is 6.21. The molecule has 0 N–H and O–H groups in total. The zero-order chi connectivity index (χ0) is 19.9. The molecule has 0 amide bonds. The maximum atomic E-state index is 6.21. The van der Waals surface area contributed by atoms with Crippen LogP contribution in [0.5, 0.6) is 0 Å². The van der Waals surface area contributed by atoms with Gasteiger partial charge in [0.15, 0.2) is 0 Å². The first-order valence-corrected chi connectivity index (χ1v) is 11.0. The van der Waals surface area contributed by atoms with E-state index in [0.717, 1.165) is 34.5 Å². The molecule has 1 aromatic heterocycles. The molecule has 1 atom stereocenters. The molecular formula is C27H19NOS. The number of para-hydroxylation sites is 2. The molecule has 0 spiro atoms. The van der Waals surface area contributed by atoms with E-state index in [1.807, 2.05) is 30.0 Å². The zero-order valence-corrected chi connectivity index (χ0v) is 17.1. The molecule has 0 bridgehead atoms.